The maximum atomic E-state index is 12.3. The van der Waals surface area contributed by atoms with Gasteiger partial charge in [-0.05, 0) is 12.0 Å². The quantitative estimate of drug-likeness (QED) is 0.566. The van der Waals surface area contributed by atoms with Gasteiger partial charge in [0.2, 0.25) is 5.91 Å². The zero-order valence-electron chi connectivity index (χ0n) is 16.1. The van der Waals surface area contributed by atoms with E-state index >= 15 is 0 Å². The van der Waals surface area contributed by atoms with Crippen molar-refractivity contribution in [1.82, 2.24) is 15.3 Å². The van der Waals surface area contributed by atoms with Crippen LogP contribution < -0.4 is 20.3 Å². The summed E-state index contributed by atoms with van der Waals surface area (Å²) >= 11 is 1.22. The second kappa shape index (κ2) is 9.45. The summed E-state index contributed by atoms with van der Waals surface area (Å²) in [6, 6.07) is 2.24. The minimum absolute atomic E-state index is 0.0458. The van der Waals surface area contributed by atoms with Crippen molar-refractivity contribution in [3.8, 4) is 11.5 Å². The number of hydrogen-bond donors (Lipinski definition) is 3. The van der Waals surface area contributed by atoms with E-state index in [2.05, 4.69) is 15.3 Å². The number of hydrogen-bond acceptors (Lipinski definition) is 7. The first kappa shape index (κ1) is 21.5. The Balaban J connectivity index is 2.07. The van der Waals surface area contributed by atoms with Gasteiger partial charge in [-0.2, -0.15) is 0 Å². The first-order valence-corrected chi connectivity index (χ1v) is 9.67. The summed E-state index contributed by atoms with van der Waals surface area (Å²) in [5.74, 6) is -0.0630. The number of methoxy groups -OCH3 is 2. The van der Waals surface area contributed by atoms with Crippen molar-refractivity contribution in [3.63, 3.8) is 0 Å². The predicted octanol–water partition coefficient (Wildman–Crippen LogP) is 1.40. The standard InChI is InChI=1S/C18H23N3O6S/c1-9(2)16(18(24)25)21-15(22)8-28-7-14-19-11-6-13(27-4)12(26-3)5-10(11)17(23)20-14/h5-6,9,16H,7-8H2,1-4H3,(H,21,22)(H,24,25)(H,19,20,23)/t16-/m0/s1. The molecule has 152 valence electrons. The normalized spacial score (nSPS) is 12.0. The summed E-state index contributed by atoms with van der Waals surface area (Å²) in [5.41, 5.74) is 0.129. The molecule has 0 radical (unpaired) electrons. The number of carboxylic acids is 1. The third-order valence-corrected chi connectivity index (χ3v) is 4.92. The predicted molar refractivity (Wildman–Crippen MR) is 106 cm³/mol. The smallest absolute Gasteiger partial charge is 0.326 e. The molecule has 1 aromatic heterocycles. The molecule has 0 aliphatic rings. The highest BCUT2D eigenvalue weighted by Crippen LogP contribution is 2.30. The number of aromatic nitrogens is 2. The molecule has 0 saturated carbocycles. The molecule has 0 fully saturated rings. The molecule has 0 aliphatic carbocycles. The molecule has 2 aromatic rings. The lowest BCUT2D eigenvalue weighted by Crippen LogP contribution is -2.45. The monoisotopic (exact) mass is 409 g/mol. The van der Waals surface area contributed by atoms with Crippen molar-refractivity contribution in [2.75, 3.05) is 20.0 Å². The highest BCUT2D eigenvalue weighted by Gasteiger charge is 2.23. The molecule has 10 heteroatoms. The van der Waals surface area contributed by atoms with Crippen LogP contribution in [0.4, 0.5) is 0 Å². The molecule has 1 heterocycles. The van der Waals surface area contributed by atoms with Crippen molar-refractivity contribution in [1.29, 1.82) is 0 Å². The number of nitrogens with one attached hydrogen (secondary N) is 2. The number of ether oxygens (including phenoxy) is 2. The molecule has 1 amide bonds. The Morgan fingerprint density at radius 2 is 1.89 bits per heavy atom. The second-order valence-electron chi connectivity index (χ2n) is 6.36. The Kier molecular flexibility index (Phi) is 7.27. The molecule has 2 rings (SSSR count). The molecule has 0 saturated heterocycles. The molecular formula is C18H23N3O6S. The summed E-state index contributed by atoms with van der Waals surface area (Å²) in [6.45, 7) is 3.44. The number of amides is 1. The number of fused-ring (bicyclic) bond motifs is 1. The molecule has 0 aliphatic heterocycles. The van der Waals surface area contributed by atoms with E-state index in [0.29, 0.717) is 28.2 Å². The maximum absolute atomic E-state index is 12.3. The fourth-order valence-electron chi connectivity index (χ4n) is 2.55. The number of carboxylic acid groups (broad SMARTS) is 1. The number of nitrogens with zero attached hydrogens (tertiary/aromatic N) is 1. The summed E-state index contributed by atoms with van der Waals surface area (Å²) in [5, 5.41) is 12.0. The summed E-state index contributed by atoms with van der Waals surface area (Å²) in [7, 11) is 2.98. The SMILES string of the molecule is COc1cc2nc(CSCC(=O)N[C@H](C(=O)O)C(C)C)[nH]c(=O)c2cc1OC. The van der Waals surface area contributed by atoms with Crippen LogP contribution in [0.15, 0.2) is 16.9 Å². The van der Waals surface area contributed by atoms with E-state index in [1.165, 1.54) is 26.0 Å². The first-order chi connectivity index (χ1) is 13.3. The van der Waals surface area contributed by atoms with Crippen LogP contribution in [-0.4, -0.2) is 53.0 Å². The van der Waals surface area contributed by atoms with Gasteiger partial charge in [0.15, 0.2) is 11.5 Å². The summed E-state index contributed by atoms with van der Waals surface area (Å²) in [4.78, 5) is 42.5. The molecule has 1 atom stereocenters. The van der Waals surface area contributed by atoms with Gasteiger partial charge in [0.1, 0.15) is 11.9 Å². The van der Waals surface area contributed by atoms with Gasteiger partial charge < -0.3 is 24.9 Å². The fourth-order valence-corrected chi connectivity index (χ4v) is 3.25. The lowest BCUT2D eigenvalue weighted by atomic mass is 10.1. The minimum atomic E-state index is -1.07. The van der Waals surface area contributed by atoms with E-state index in [1.807, 2.05) is 0 Å². The Labute approximate surface area is 165 Å². The number of rotatable bonds is 9. The van der Waals surface area contributed by atoms with Crippen LogP contribution in [0.2, 0.25) is 0 Å². The van der Waals surface area contributed by atoms with Gasteiger partial charge in [-0.25, -0.2) is 9.78 Å². The van der Waals surface area contributed by atoms with Gasteiger partial charge in [-0.1, -0.05) is 13.8 Å². The van der Waals surface area contributed by atoms with Crippen LogP contribution in [-0.2, 0) is 15.3 Å². The Hall–Kier alpha value is -2.75. The number of H-pyrrole nitrogens is 1. The topological polar surface area (TPSA) is 131 Å². The van der Waals surface area contributed by atoms with Crippen molar-refractivity contribution >= 4 is 34.5 Å². The van der Waals surface area contributed by atoms with Crippen LogP contribution in [0, 0.1) is 5.92 Å². The average molecular weight is 409 g/mol. The van der Waals surface area contributed by atoms with Crippen LogP contribution >= 0.6 is 11.8 Å². The third kappa shape index (κ3) is 5.16. The van der Waals surface area contributed by atoms with E-state index in [-0.39, 0.29) is 28.9 Å². The molecular weight excluding hydrogens is 386 g/mol. The maximum Gasteiger partial charge on any atom is 0.326 e. The Morgan fingerprint density at radius 1 is 1.25 bits per heavy atom. The molecule has 0 spiro atoms. The van der Waals surface area contributed by atoms with Crippen LogP contribution in [0.25, 0.3) is 10.9 Å². The minimum Gasteiger partial charge on any atom is -0.493 e. The first-order valence-electron chi connectivity index (χ1n) is 8.51. The van der Waals surface area contributed by atoms with Crippen LogP contribution in [0.3, 0.4) is 0 Å². The number of thioether (sulfide) groups is 1. The van der Waals surface area contributed by atoms with E-state index < -0.39 is 12.0 Å². The number of carbonyl (C=O) groups excluding carboxylic acids is 1. The van der Waals surface area contributed by atoms with E-state index in [0.717, 1.165) is 0 Å². The molecule has 1 aromatic carbocycles. The lowest BCUT2D eigenvalue weighted by molar-refractivity contribution is -0.142. The van der Waals surface area contributed by atoms with E-state index in [1.54, 1.807) is 26.0 Å². The molecule has 0 unspecified atom stereocenters. The molecule has 0 bridgehead atoms. The van der Waals surface area contributed by atoms with Crippen molar-refractivity contribution < 1.29 is 24.2 Å². The van der Waals surface area contributed by atoms with Gasteiger partial charge in [0.25, 0.3) is 5.56 Å². The molecule has 9 nitrogen and oxygen atoms in total. The lowest BCUT2D eigenvalue weighted by Gasteiger charge is -2.17. The van der Waals surface area contributed by atoms with Gasteiger partial charge in [0, 0.05) is 6.07 Å². The van der Waals surface area contributed by atoms with Gasteiger partial charge in [-0.3, -0.25) is 9.59 Å². The number of benzene rings is 1. The van der Waals surface area contributed by atoms with Crippen molar-refractivity contribution in [3.05, 3.63) is 28.3 Å². The second-order valence-corrected chi connectivity index (χ2v) is 7.34. The summed E-state index contributed by atoms with van der Waals surface area (Å²) in [6.07, 6.45) is 0. The van der Waals surface area contributed by atoms with Gasteiger partial charge in [0.05, 0.1) is 36.6 Å². The van der Waals surface area contributed by atoms with Gasteiger partial charge in [-0.15, -0.1) is 11.8 Å². The largest absolute Gasteiger partial charge is 0.493 e. The Morgan fingerprint density at radius 3 is 2.46 bits per heavy atom. The zero-order chi connectivity index (χ0) is 20.8. The number of aromatic amines is 1. The average Bonchev–Trinajstić information content (AvgIpc) is 2.64. The highest BCUT2D eigenvalue weighted by atomic mass is 32.2. The van der Waals surface area contributed by atoms with E-state index in [4.69, 9.17) is 14.6 Å². The van der Waals surface area contributed by atoms with E-state index in [9.17, 15) is 14.4 Å². The number of carbonyl (C=O) groups is 2. The van der Waals surface area contributed by atoms with Crippen LogP contribution in [0.5, 0.6) is 11.5 Å². The van der Waals surface area contributed by atoms with Crippen molar-refractivity contribution in [2.45, 2.75) is 25.6 Å². The fraction of sp³-hybridized carbons (Fsp3) is 0.444. The molecule has 3 N–H and O–H groups in total. The van der Waals surface area contributed by atoms with Crippen molar-refractivity contribution in [2.24, 2.45) is 5.92 Å². The molecule has 28 heavy (non-hydrogen) atoms. The van der Waals surface area contributed by atoms with Crippen LogP contribution in [0.1, 0.15) is 19.7 Å². The zero-order valence-corrected chi connectivity index (χ0v) is 16.9. The third-order valence-electron chi connectivity index (χ3n) is 3.98. The summed E-state index contributed by atoms with van der Waals surface area (Å²) < 4.78 is 10.4. The number of aliphatic carboxylic acids is 1. The Bertz CT molecular complexity index is 927. The highest BCUT2D eigenvalue weighted by molar-refractivity contribution is 7.99. The van der Waals surface area contributed by atoms with Gasteiger partial charge >= 0.3 is 5.97 Å².